The number of carbonyl (C=O) groups excluding carboxylic acids is 1. The van der Waals surface area contributed by atoms with Crippen molar-refractivity contribution in [1.82, 2.24) is 4.98 Å². The Morgan fingerprint density at radius 3 is 2.72 bits per heavy atom. The van der Waals surface area contributed by atoms with Gasteiger partial charge in [0, 0.05) is 5.02 Å². The van der Waals surface area contributed by atoms with Gasteiger partial charge in [-0.15, -0.1) is 11.3 Å². The summed E-state index contributed by atoms with van der Waals surface area (Å²) in [7, 11) is 1.47. The number of methoxy groups -OCH3 is 1. The summed E-state index contributed by atoms with van der Waals surface area (Å²) in [5, 5.41) is 13.0. The zero-order valence-corrected chi connectivity index (χ0v) is 14.9. The number of hydrogen-bond acceptors (Lipinski definition) is 5. The van der Waals surface area contributed by atoms with Gasteiger partial charge < -0.3 is 15.2 Å². The molecule has 0 bridgehead atoms. The molecule has 0 atom stereocenters. The number of anilines is 1. The van der Waals surface area contributed by atoms with Crippen molar-refractivity contribution in [2.45, 2.75) is 6.92 Å². The van der Waals surface area contributed by atoms with E-state index in [1.54, 1.807) is 12.1 Å². The Labute approximate surface area is 152 Å². The average Bonchev–Trinajstić information content (AvgIpc) is 2.95. The molecule has 2 N–H and O–H groups in total. The van der Waals surface area contributed by atoms with Crippen LogP contribution in [0.3, 0.4) is 0 Å². The summed E-state index contributed by atoms with van der Waals surface area (Å²) in [4.78, 5) is 28.6. The molecule has 1 aromatic heterocycles. The van der Waals surface area contributed by atoms with E-state index < -0.39 is 11.9 Å². The topological polar surface area (TPSA) is 88.5 Å². The first kappa shape index (κ1) is 17.2. The van der Waals surface area contributed by atoms with Crippen LogP contribution in [0.2, 0.25) is 5.02 Å². The zero-order chi connectivity index (χ0) is 18.1. The number of aromatic carboxylic acids is 1. The lowest BCUT2D eigenvalue weighted by molar-refractivity contribution is 0.0698. The molecule has 3 rings (SSSR count). The molecule has 2 aromatic carbocycles. The maximum atomic E-state index is 12.8. The van der Waals surface area contributed by atoms with Gasteiger partial charge in [0.25, 0.3) is 5.91 Å². The minimum Gasteiger partial charge on any atom is -0.496 e. The Morgan fingerprint density at radius 1 is 1.28 bits per heavy atom. The van der Waals surface area contributed by atoms with E-state index in [-0.39, 0.29) is 16.3 Å². The summed E-state index contributed by atoms with van der Waals surface area (Å²) in [6.07, 6.45) is 0. The predicted octanol–water partition coefficient (Wildman–Crippen LogP) is 4.22. The quantitative estimate of drug-likeness (QED) is 0.711. The van der Waals surface area contributed by atoms with E-state index in [0.29, 0.717) is 21.5 Å². The van der Waals surface area contributed by atoms with Gasteiger partial charge in [-0.2, -0.15) is 0 Å². The van der Waals surface area contributed by atoms with E-state index in [4.69, 9.17) is 16.3 Å². The third-order valence-electron chi connectivity index (χ3n) is 3.53. The number of nitrogens with zero attached hydrogens (tertiary/aromatic N) is 1. The fraction of sp³-hybridized carbons (Fsp3) is 0.118. The highest BCUT2D eigenvalue weighted by Gasteiger charge is 2.21. The van der Waals surface area contributed by atoms with Gasteiger partial charge in [0.05, 0.1) is 33.6 Å². The molecule has 0 radical (unpaired) electrons. The smallest absolute Gasteiger partial charge is 0.337 e. The van der Waals surface area contributed by atoms with Crippen molar-refractivity contribution in [2.24, 2.45) is 0 Å². The minimum atomic E-state index is -1.18. The van der Waals surface area contributed by atoms with E-state index in [9.17, 15) is 14.7 Å². The molecule has 6 nitrogen and oxygen atoms in total. The molecule has 0 saturated heterocycles. The Bertz CT molecular complexity index is 1000. The molecule has 25 heavy (non-hydrogen) atoms. The van der Waals surface area contributed by atoms with E-state index in [1.807, 2.05) is 6.92 Å². The molecule has 0 aliphatic carbocycles. The molecule has 3 aromatic rings. The lowest BCUT2D eigenvalue weighted by Gasteiger charge is -2.12. The summed E-state index contributed by atoms with van der Waals surface area (Å²) in [6.45, 7) is 1.85. The molecule has 1 heterocycles. The number of thiazole rings is 1. The number of ether oxygens (including phenoxy) is 1. The lowest BCUT2D eigenvalue weighted by Crippen LogP contribution is -2.16. The Balaban J connectivity index is 2.08. The number of rotatable bonds is 4. The Morgan fingerprint density at radius 2 is 2.04 bits per heavy atom. The highest BCUT2D eigenvalue weighted by Crippen LogP contribution is 2.33. The molecule has 0 aliphatic rings. The first-order valence-electron chi connectivity index (χ1n) is 7.19. The van der Waals surface area contributed by atoms with Crippen LogP contribution in [0.1, 0.15) is 25.7 Å². The third-order valence-corrected chi connectivity index (χ3v) is 4.77. The van der Waals surface area contributed by atoms with Crippen LogP contribution in [0.15, 0.2) is 30.3 Å². The zero-order valence-electron chi connectivity index (χ0n) is 13.3. The standard InChI is InChI=1S/C17H13ClN2O4S/c1-8-19-12-5-6-13(24-2)14(15(12)25-8)16(21)20-11-4-3-9(18)7-10(11)17(22)23/h3-7H,1-2H3,(H,20,21)(H,22,23). The molecule has 0 fully saturated rings. The van der Waals surface area contributed by atoms with Gasteiger partial charge in [0.2, 0.25) is 0 Å². The number of carbonyl (C=O) groups is 2. The van der Waals surface area contributed by atoms with E-state index >= 15 is 0 Å². The second-order valence-corrected chi connectivity index (χ2v) is 6.81. The van der Waals surface area contributed by atoms with Gasteiger partial charge in [0.15, 0.2) is 0 Å². The fourth-order valence-corrected chi connectivity index (χ4v) is 3.58. The molecule has 8 heteroatoms. The SMILES string of the molecule is COc1ccc2nc(C)sc2c1C(=O)Nc1ccc(Cl)cc1C(=O)O. The predicted molar refractivity (Wildman–Crippen MR) is 97.3 cm³/mol. The molecule has 0 unspecified atom stereocenters. The highest BCUT2D eigenvalue weighted by molar-refractivity contribution is 7.19. The number of hydrogen-bond donors (Lipinski definition) is 2. The summed E-state index contributed by atoms with van der Waals surface area (Å²) in [5.41, 5.74) is 1.06. The van der Waals surface area contributed by atoms with Crippen LogP contribution in [0.4, 0.5) is 5.69 Å². The number of amides is 1. The molecular weight excluding hydrogens is 364 g/mol. The largest absolute Gasteiger partial charge is 0.496 e. The molecule has 0 spiro atoms. The molecule has 1 amide bonds. The van der Waals surface area contributed by atoms with Crippen LogP contribution in [-0.4, -0.2) is 29.1 Å². The van der Waals surface area contributed by atoms with Crippen molar-refractivity contribution in [3.8, 4) is 5.75 Å². The van der Waals surface area contributed by atoms with E-state index in [1.165, 1.54) is 36.6 Å². The molecule has 0 aliphatic heterocycles. The van der Waals surface area contributed by atoms with Crippen molar-refractivity contribution in [3.63, 3.8) is 0 Å². The number of fused-ring (bicyclic) bond motifs is 1. The van der Waals surface area contributed by atoms with Crippen LogP contribution >= 0.6 is 22.9 Å². The van der Waals surface area contributed by atoms with Gasteiger partial charge in [0.1, 0.15) is 11.3 Å². The Hall–Kier alpha value is -2.64. The molecule has 128 valence electrons. The molecular formula is C17H13ClN2O4S. The van der Waals surface area contributed by atoms with Crippen molar-refractivity contribution < 1.29 is 19.4 Å². The number of halogens is 1. The maximum absolute atomic E-state index is 12.8. The number of nitrogens with one attached hydrogen (secondary N) is 1. The van der Waals surface area contributed by atoms with Crippen molar-refractivity contribution in [2.75, 3.05) is 12.4 Å². The van der Waals surface area contributed by atoms with E-state index in [2.05, 4.69) is 10.3 Å². The van der Waals surface area contributed by atoms with Crippen LogP contribution in [0, 0.1) is 6.92 Å². The van der Waals surface area contributed by atoms with Crippen LogP contribution in [0.5, 0.6) is 5.75 Å². The van der Waals surface area contributed by atoms with E-state index in [0.717, 1.165) is 5.01 Å². The van der Waals surface area contributed by atoms with Gasteiger partial charge in [-0.3, -0.25) is 4.79 Å². The fourth-order valence-electron chi connectivity index (χ4n) is 2.46. The summed E-state index contributed by atoms with van der Waals surface area (Å²) >= 11 is 7.21. The second kappa shape index (κ2) is 6.70. The number of benzene rings is 2. The normalized spacial score (nSPS) is 10.7. The summed E-state index contributed by atoms with van der Waals surface area (Å²) in [6, 6.07) is 7.69. The monoisotopic (exact) mass is 376 g/mol. The van der Waals surface area contributed by atoms with Gasteiger partial charge in [-0.05, 0) is 37.3 Å². The van der Waals surface area contributed by atoms with Gasteiger partial charge >= 0.3 is 5.97 Å². The highest BCUT2D eigenvalue weighted by atomic mass is 35.5. The van der Waals surface area contributed by atoms with Gasteiger partial charge in [-0.25, -0.2) is 9.78 Å². The van der Waals surface area contributed by atoms with Crippen LogP contribution in [0.25, 0.3) is 10.2 Å². The summed E-state index contributed by atoms with van der Waals surface area (Å²) < 4.78 is 5.98. The van der Waals surface area contributed by atoms with Crippen molar-refractivity contribution in [3.05, 3.63) is 51.5 Å². The first-order chi connectivity index (χ1) is 11.9. The average molecular weight is 377 g/mol. The minimum absolute atomic E-state index is 0.0903. The number of carboxylic acids is 1. The Kier molecular flexibility index (Phi) is 4.61. The van der Waals surface area contributed by atoms with Gasteiger partial charge in [-0.1, -0.05) is 11.6 Å². The summed E-state index contributed by atoms with van der Waals surface area (Å²) in [5.74, 6) is -1.27. The van der Waals surface area contributed by atoms with Crippen LogP contribution < -0.4 is 10.1 Å². The third kappa shape index (κ3) is 3.29. The van der Waals surface area contributed by atoms with Crippen molar-refractivity contribution in [1.29, 1.82) is 0 Å². The number of aryl methyl sites for hydroxylation is 1. The number of carboxylic acid groups (broad SMARTS) is 1. The molecule has 0 saturated carbocycles. The first-order valence-corrected chi connectivity index (χ1v) is 8.38. The second-order valence-electron chi connectivity index (χ2n) is 5.17. The lowest BCUT2D eigenvalue weighted by atomic mass is 10.1. The number of aromatic nitrogens is 1. The van der Waals surface area contributed by atoms with Crippen molar-refractivity contribution >= 4 is 50.7 Å². The van der Waals surface area contributed by atoms with Crippen LogP contribution in [-0.2, 0) is 0 Å². The maximum Gasteiger partial charge on any atom is 0.337 e.